The average Bonchev–Trinajstić information content (AvgIpc) is 2.45. The lowest BCUT2D eigenvalue weighted by atomic mass is 10.1. The molecule has 1 aromatic carbocycles. The molecule has 2 N–H and O–H groups in total. The van der Waals surface area contributed by atoms with Gasteiger partial charge in [0.25, 0.3) is 0 Å². The maximum Gasteiger partial charge on any atom is 0.148 e. The minimum absolute atomic E-state index is 0.502. The highest BCUT2D eigenvalue weighted by Gasteiger charge is 2.01. The molecule has 0 spiro atoms. The van der Waals surface area contributed by atoms with Crippen molar-refractivity contribution in [1.29, 1.82) is 0 Å². The van der Waals surface area contributed by atoms with Gasteiger partial charge in [0.05, 0.1) is 5.69 Å². The Balaban J connectivity index is 1.91. The van der Waals surface area contributed by atoms with Crippen LogP contribution in [0.1, 0.15) is 13.8 Å². The van der Waals surface area contributed by atoms with Gasteiger partial charge in [0.1, 0.15) is 5.82 Å². The topological polar surface area (TPSA) is 49.8 Å². The molecule has 0 aliphatic rings. The second-order valence-electron chi connectivity index (χ2n) is 4.85. The van der Waals surface area contributed by atoms with E-state index in [2.05, 4.69) is 50.6 Å². The summed E-state index contributed by atoms with van der Waals surface area (Å²) in [7, 11) is 0. The molecule has 0 saturated heterocycles. The van der Waals surface area contributed by atoms with Crippen molar-refractivity contribution in [2.45, 2.75) is 19.9 Å². The van der Waals surface area contributed by atoms with Gasteiger partial charge in [-0.2, -0.15) is 0 Å². The van der Waals surface area contributed by atoms with E-state index in [9.17, 15) is 0 Å². The molecule has 106 valence electrons. The van der Waals surface area contributed by atoms with Crippen LogP contribution in [0, 0.1) is 0 Å². The highest BCUT2D eigenvalue weighted by atomic mass is 79.9. The Kier molecular flexibility index (Phi) is 5.49. The molecule has 0 amide bonds. The zero-order valence-electron chi connectivity index (χ0n) is 11.7. The monoisotopic (exact) mass is 334 g/mol. The molecule has 2 aromatic rings. The van der Waals surface area contributed by atoms with Gasteiger partial charge in [0.2, 0.25) is 0 Å². The van der Waals surface area contributed by atoms with E-state index in [0.29, 0.717) is 6.04 Å². The lowest BCUT2D eigenvalue weighted by molar-refractivity contribution is 0.602. The summed E-state index contributed by atoms with van der Waals surface area (Å²) in [5.41, 5.74) is 1.94. The Morgan fingerprint density at radius 1 is 1.00 bits per heavy atom. The second kappa shape index (κ2) is 7.36. The molecular formula is C15H19BrN4. The minimum Gasteiger partial charge on any atom is -0.367 e. The molecule has 4 nitrogen and oxygen atoms in total. The number of halogens is 1. The quantitative estimate of drug-likeness (QED) is 0.795. The molecule has 0 aliphatic heterocycles. The Labute approximate surface area is 128 Å². The number of rotatable bonds is 6. The molecule has 0 fully saturated rings. The fourth-order valence-corrected chi connectivity index (χ4v) is 2.02. The van der Waals surface area contributed by atoms with Crippen molar-refractivity contribution in [2.75, 3.05) is 18.4 Å². The zero-order valence-corrected chi connectivity index (χ0v) is 13.3. The number of nitrogens with zero attached hydrogens (tertiary/aromatic N) is 2. The van der Waals surface area contributed by atoms with Gasteiger partial charge in [0.15, 0.2) is 0 Å². The summed E-state index contributed by atoms with van der Waals surface area (Å²) < 4.78 is 1.06. The first-order valence-electron chi connectivity index (χ1n) is 6.72. The van der Waals surface area contributed by atoms with Crippen molar-refractivity contribution in [2.24, 2.45) is 0 Å². The first-order chi connectivity index (χ1) is 9.65. The van der Waals surface area contributed by atoms with Gasteiger partial charge in [-0.1, -0.05) is 41.9 Å². The molecule has 5 heteroatoms. The van der Waals surface area contributed by atoms with Crippen LogP contribution in [0.4, 0.5) is 5.82 Å². The number of nitrogens with one attached hydrogen (secondary N) is 2. The summed E-state index contributed by atoms with van der Waals surface area (Å²) in [6.07, 6.45) is 0. The second-order valence-corrected chi connectivity index (χ2v) is 5.76. The Morgan fingerprint density at radius 2 is 1.75 bits per heavy atom. The van der Waals surface area contributed by atoms with Crippen molar-refractivity contribution >= 4 is 21.7 Å². The zero-order chi connectivity index (χ0) is 14.4. The molecule has 1 heterocycles. The van der Waals surface area contributed by atoms with E-state index in [-0.39, 0.29) is 0 Å². The first-order valence-corrected chi connectivity index (χ1v) is 7.51. The third-order valence-electron chi connectivity index (χ3n) is 2.79. The van der Waals surface area contributed by atoms with Crippen LogP contribution in [0.25, 0.3) is 11.3 Å². The molecule has 20 heavy (non-hydrogen) atoms. The number of hydrogen-bond donors (Lipinski definition) is 2. The van der Waals surface area contributed by atoms with Crippen LogP contribution in [0.2, 0.25) is 0 Å². The summed E-state index contributed by atoms with van der Waals surface area (Å²) in [6.45, 7) is 6.01. The van der Waals surface area contributed by atoms with Gasteiger partial charge in [0, 0.05) is 29.2 Å². The fraction of sp³-hybridized carbons (Fsp3) is 0.333. The van der Waals surface area contributed by atoms with E-state index in [1.54, 1.807) is 0 Å². The SMILES string of the molecule is CC(C)NCCNc1ccc(-c2ccc(Br)cc2)nn1. The average molecular weight is 335 g/mol. The smallest absolute Gasteiger partial charge is 0.148 e. The van der Waals surface area contributed by atoms with Crippen molar-refractivity contribution in [3.8, 4) is 11.3 Å². The highest BCUT2D eigenvalue weighted by molar-refractivity contribution is 9.10. The summed E-state index contributed by atoms with van der Waals surface area (Å²) in [5, 5.41) is 15.0. The predicted molar refractivity (Wildman–Crippen MR) is 86.8 cm³/mol. The molecule has 0 radical (unpaired) electrons. The largest absolute Gasteiger partial charge is 0.367 e. The summed E-state index contributed by atoms with van der Waals surface area (Å²) >= 11 is 3.42. The molecule has 0 saturated carbocycles. The van der Waals surface area contributed by atoms with Crippen LogP contribution >= 0.6 is 15.9 Å². The lowest BCUT2D eigenvalue weighted by Crippen LogP contribution is -2.28. The van der Waals surface area contributed by atoms with Crippen LogP contribution in [0.3, 0.4) is 0 Å². The van der Waals surface area contributed by atoms with Gasteiger partial charge >= 0.3 is 0 Å². The van der Waals surface area contributed by atoms with E-state index < -0.39 is 0 Å². The Bertz CT molecular complexity index is 523. The molecule has 2 rings (SSSR count). The van der Waals surface area contributed by atoms with Crippen molar-refractivity contribution in [1.82, 2.24) is 15.5 Å². The van der Waals surface area contributed by atoms with Gasteiger partial charge in [-0.15, -0.1) is 10.2 Å². The van der Waals surface area contributed by atoms with Crippen LogP contribution in [-0.2, 0) is 0 Å². The summed E-state index contributed by atoms with van der Waals surface area (Å²) in [5.74, 6) is 0.802. The first kappa shape index (κ1) is 14.9. The fourth-order valence-electron chi connectivity index (χ4n) is 1.75. The van der Waals surface area contributed by atoms with Gasteiger partial charge in [-0.3, -0.25) is 0 Å². The molecular weight excluding hydrogens is 316 g/mol. The maximum absolute atomic E-state index is 4.24. The molecule has 0 unspecified atom stereocenters. The third kappa shape index (κ3) is 4.58. The highest BCUT2D eigenvalue weighted by Crippen LogP contribution is 2.19. The van der Waals surface area contributed by atoms with E-state index in [1.807, 2.05) is 36.4 Å². The molecule has 0 atom stereocenters. The van der Waals surface area contributed by atoms with Gasteiger partial charge in [-0.05, 0) is 24.3 Å². The number of anilines is 1. The number of hydrogen-bond acceptors (Lipinski definition) is 4. The lowest BCUT2D eigenvalue weighted by Gasteiger charge is -2.09. The number of benzene rings is 1. The Morgan fingerprint density at radius 3 is 2.35 bits per heavy atom. The van der Waals surface area contributed by atoms with Crippen LogP contribution in [-0.4, -0.2) is 29.3 Å². The molecule has 0 aliphatic carbocycles. The summed E-state index contributed by atoms with van der Waals surface area (Å²) in [4.78, 5) is 0. The van der Waals surface area contributed by atoms with Crippen LogP contribution in [0.15, 0.2) is 40.9 Å². The van der Waals surface area contributed by atoms with E-state index in [0.717, 1.165) is 34.6 Å². The van der Waals surface area contributed by atoms with Crippen LogP contribution < -0.4 is 10.6 Å². The van der Waals surface area contributed by atoms with Gasteiger partial charge < -0.3 is 10.6 Å². The van der Waals surface area contributed by atoms with E-state index in [4.69, 9.17) is 0 Å². The minimum atomic E-state index is 0.502. The summed E-state index contributed by atoms with van der Waals surface area (Å²) in [6, 6.07) is 12.5. The standard InChI is InChI=1S/C15H19BrN4/c1-11(2)17-9-10-18-15-8-7-14(19-20-15)12-3-5-13(16)6-4-12/h3-8,11,17H,9-10H2,1-2H3,(H,18,20). The third-order valence-corrected chi connectivity index (χ3v) is 3.32. The Hall–Kier alpha value is -1.46. The van der Waals surface area contributed by atoms with Crippen molar-refractivity contribution in [3.63, 3.8) is 0 Å². The van der Waals surface area contributed by atoms with Crippen LogP contribution in [0.5, 0.6) is 0 Å². The predicted octanol–water partition coefficient (Wildman–Crippen LogP) is 3.32. The number of aromatic nitrogens is 2. The maximum atomic E-state index is 4.24. The van der Waals surface area contributed by atoms with Crippen molar-refractivity contribution in [3.05, 3.63) is 40.9 Å². The van der Waals surface area contributed by atoms with Crippen molar-refractivity contribution < 1.29 is 0 Å². The molecule has 1 aromatic heterocycles. The van der Waals surface area contributed by atoms with Gasteiger partial charge in [-0.25, -0.2) is 0 Å². The molecule has 0 bridgehead atoms. The van der Waals surface area contributed by atoms with E-state index in [1.165, 1.54) is 0 Å². The van der Waals surface area contributed by atoms with E-state index >= 15 is 0 Å². The normalized spacial score (nSPS) is 10.8.